The number of benzene rings is 1. The summed E-state index contributed by atoms with van der Waals surface area (Å²) < 4.78 is 7.15. The monoisotopic (exact) mass is 415 g/mol. The summed E-state index contributed by atoms with van der Waals surface area (Å²) >= 11 is 3.33. The van der Waals surface area contributed by atoms with E-state index in [1.165, 1.54) is 10.4 Å². The number of fused-ring (bicyclic) bond motifs is 3. The molecule has 0 aliphatic carbocycles. The zero-order valence-corrected chi connectivity index (χ0v) is 18.2. The molecule has 0 saturated heterocycles. The van der Waals surface area contributed by atoms with Crippen LogP contribution in [0.4, 0.5) is 0 Å². The second-order valence-corrected chi connectivity index (χ2v) is 9.03. The van der Waals surface area contributed by atoms with E-state index in [0.717, 1.165) is 65.0 Å². The molecule has 148 valence electrons. The van der Waals surface area contributed by atoms with Crippen molar-refractivity contribution in [2.24, 2.45) is 0 Å². The zero-order chi connectivity index (χ0) is 19.7. The van der Waals surface area contributed by atoms with Crippen molar-refractivity contribution in [2.45, 2.75) is 38.4 Å². The molecule has 0 saturated carbocycles. The van der Waals surface area contributed by atoms with Crippen molar-refractivity contribution in [3.05, 3.63) is 45.1 Å². The van der Waals surface area contributed by atoms with E-state index in [1.54, 1.807) is 34.8 Å². The molecule has 3 heterocycles. The van der Waals surface area contributed by atoms with E-state index < -0.39 is 0 Å². The van der Waals surface area contributed by atoms with Crippen LogP contribution in [-0.2, 0) is 13.0 Å². The molecule has 0 unspecified atom stereocenters. The number of methoxy groups -OCH3 is 1. The molecule has 1 aliphatic rings. The van der Waals surface area contributed by atoms with Gasteiger partial charge in [-0.2, -0.15) is 0 Å². The van der Waals surface area contributed by atoms with Crippen LogP contribution in [0.2, 0.25) is 0 Å². The molecule has 0 atom stereocenters. The lowest BCUT2D eigenvalue weighted by molar-refractivity contribution is 0.272. The maximum atomic E-state index is 13.7. The minimum Gasteiger partial charge on any atom is -0.497 e. The zero-order valence-electron chi connectivity index (χ0n) is 16.5. The minimum absolute atomic E-state index is 0.0410. The van der Waals surface area contributed by atoms with Gasteiger partial charge in [0, 0.05) is 29.8 Å². The molecule has 4 rings (SSSR count). The van der Waals surface area contributed by atoms with Gasteiger partial charge in [0.25, 0.3) is 5.56 Å². The normalized spacial score (nSPS) is 14.4. The fourth-order valence-corrected chi connectivity index (χ4v) is 5.78. The molecule has 0 N–H and O–H groups in total. The molecule has 1 aromatic carbocycles. The van der Waals surface area contributed by atoms with E-state index in [2.05, 4.69) is 18.7 Å². The first-order chi connectivity index (χ1) is 13.7. The van der Waals surface area contributed by atoms with Crippen LogP contribution in [0.5, 0.6) is 5.75 Å². The molecule has 0 radical (unpaired) electrons. The van der Waals surface area contributed by atoms with Gasteiger partial charge >= 0.3 is 0 Å². The van der Waals surface area contributed by atoms with Gasteiger partial charge in [0.1, 0.15) is 10.6 Å². The lowest BCUT2D eigenvalue weighted by Crippen LogP contribution is -2.30. The third-order valence-corrected chi connectivity index (χ3v) is 7.37. The first kappa shape index (κ1) is 19.5. The number of thioether (sulfide) groups is 1. The number of rotatable bonds is 6. The third kappa shape index (κ3) is 3.47. The highest BCUT2D eigenvalue weighted by atomic mass is 32.2. The maximum Gasteiger partial charge on any atom is 0.267 e. The number of ether oxygens (including phenoxy) is 1. The summed E-state index contributed by atoms with van der Waals surface area (Å²) in [7, 11) is 1.64. The van der Waals surface area contributed by atoms with Gasteiger partial charge < -0.3 is 4.74 Å². The van der Waals surface area contributed by atoms with Crippen molar-refractivity contribution < 1.29 is 4.74 Å². The van der Waals surface area contributed by atoms with Gasteiger partial charge in [-0.05, 0) is 37.1 Å². The van der Waals surface area contributed by atoms with Crippen LogP contribution < -0.4 is 10.3 Å². The Morgan fingerprint density at radius 1 is 1.32 bits per heavy atom. The van der Waals surface area contributed by atoms with E-state index in [9.17, 15) is 4.79 Å². The number of thiophene rings is 1. The van der Waals surface area contributed by atoms with Gasteiger partial charge in [-0.25, -0.2) is 4.98 Å². The summed E-state index contributed by atoms with van der Waals surface area (Å²) in [6.45, 7) is 7.28. The molecule has 0 fully saturated rings. The minimum atomic E-state index is 0.0410. The van der Waals surface area contributed by atoms with Crippen molar-refractivity contribution in [3.8, 4) is 11.4 Å². The second-order valence-electron chi connectivity index (χ2n) is 6.89. The molecule has 3 aromatic rings. The van der Waals surface area contributed by atoms with Gasteiger partial charge in [0.15, 0.2) is 5.16 Å². The summed E-state index contributed by atoms with van der Waals surface area (Å²) in [6.07, 6.45) is 1.95. The molecular formula is C21H25N3O2S2. The molecule has 0 amide bonds. The van der Waals surface area contributed by atoms with Crippen LogP contribution in [0.25, 0.3) is 15.9 Å². The van der Waals surface area contributed by atoms with E-state index in [1.807, 2.05) is 24.3 Å². The summed E-state index contributed by atoms with van der Waals surface area (Å²) in [5.74, 6) is 1.67. The smallest absolute Gasteiger partial charge is 0.267 e. The lowest BCUT2D eigenvalue weighted by atomic mass is 10.1. The number of aromatic nitrogens is 2. The van der Waals surface area contributed by atoms with E-state index in [4.69, 9.17) is 9.72 Å². The Bertz CT molecular complexity index is 1060. The van der Waals surface area contributed by atoms with E-state index in [-0.39, 0.29) is 5.56 Å². The van der Waals surface area contributed by atoms with Gasteiger partial charge in [0.05, 0.1) is 18.2 Å². The average molecular weight is 416 g/mol. The molecular weight excluding hydrogens is 390 g/mol. The molecule has 7 heteroatoms. The molecule has 5 nitrogen and oxygen atoms in total. The number of hydrogen-bond donors (Lipinski definition) is 0. The number of hydrogen-bond acceptors (Lipinski definition) is 6. The first-order valence-corrected chi connectivity index (χ1v) is 11.5. The first-order valence-electron chi connectivity index (χ1n) is 9.73. The number of nitrogens with zero attached hydrogens (tertiary/aromatic N) is 3. The fourth-order valence-electron chi connectivity index (χ4n) is 3.61. The summed E-state index contributed by atoms with van der Waals surface area (Å²) in [6, 6.07) is 7.67. The van der Waals surface area contributed by atoms with Crippen molar-refractivity contribution in [1.82, 2.24) is 14.5 Å². The highest BCUT2D eigenvalue weighted by Gasteiger charge is 2.25. The molecule has 0 spiro atoms. The fraction of sp³-hybridized carbons (Fsp3) is 0.429. The Morgan fingerprint density at radius 2 is 2.18 bits per heavy atom. The summed E-state index contributed by atoms with van der Waals surface area (Å²) in [4.78, 5) is 23.2. The lowest BCUT2D eigenvalue weighted by Gasteiger charge is -2.25. The predicted octanol–water partition coefficient (Wildman–Crippen LogP) is 4.34. The van der Waals surface area contributed by atoms with Crippen molar-refractivity contribution in [3.63, 3.8) is 0 Å². The quantitative estimate of drug-likeness (QED) is 0.443. The molecule has 1 aliphatic heterocycles. The topological polar surface area (TPSA) is 47.4 Å². The largest absolute Gasteiger partial charge is 0.497 e. The Labute approximate surface area is 173 Å². The van der Waals surface area contributed by atoms with Crippen LogP contribution >= 0.6 is 23.1 Å². The standard InChI is InChI=1S/C21H25N3O2S2/c1-4-11-27-21-22-19-18(16-9-10-23(5-2)13-17(16)28-19)20(25)24(21)14-7-6-8-15(12-14)26-3/h6-8,12H,4-5,9-11,13H2,1-3H3. The SMILES string of the molecule is CCCSc1nc2sc3c(c2c(=O)n1-c1cccc(OC)c1)CCN(CC)C3. The van der Waals surface area contributed by atoms with Crippen LogP contribution in [0.1, 0.15) is 30.7 Å². The molecule has 28 heavy (non-hydrogen) atoms. The van der Waals surface area contributed by atoms with Gasteiger partial charge in [0.2, 0.25) is 0 Å². The Balaban J connectivity index is 1.94. The van der Waals surface area contributed by atoms with Gasteiger partial charge in [-0.1, -0.05) is 31.7 Å². The highest BCUT2D eigenvalue weighted by molar-refractivity contribution is 7.99. The van der Waals surface area contributed by atoms with Gasteiger partial charge in [-0.15, -0.1) is 11.3 Å². The Morgan fingerprint density at radius 3 is 2.93 bits per heavy atom. The van der Waals surface area contributed by atoms with Crippen molar-refractivity contribution >= 4 is 33.3 Å². The van der Waals surface area contributed by atoms with E-state index in [0.29, 0.717) is 0 Å². The van der Waals surface area contributed by atoms with Crippen LogP contribution in [-0.4, -0.2) is 40.4 Å². The van der Waals surface area contributed by atoms with E-state index >= 15 is 0 Å². The van der Waals surface area contributed by atoms with Crippen LogP contribution in [0.15, 0.2) is 34.2 Å². The van der Waals surface area contributed by atoms with Gasteiger partial charge in [-0.3, -0.25) is 14.3 Å². The Kier molecular flexibility index (Phi) is 5.75. The summed E-state index contributed by atoms with van der Waals surface area (Å²) in [5.41, 5.74) is 2.05. The van der Waals surface area contributed by atoms with Crippen LogP contribution in [0, 0.1) is 0 Å². The van der Waals surface area contributed by atoms with Crippen molar-refractivity contribution in [1.29, 1.82) is 0 Å². The third-order valence-electron chi connectivity index (χ3n) is 5.12. The van der Waals surface area contributed by atoms with Crippen molar-refractivity contribution in [2.75, 3.05) is 26.0 Å². The second kappa shape index (κ2) is 8.27. The predicted molar refractivity (Wildman–Crippen MR) is 117 cm³/mol. The maximum absolute atomic E-state index is 13.7. The summed E-state index contributed by atoms with van der Waals surface area (Å²) in [5, 5.41) is 1.57. The highest BCUT2D eigenvalue weighted by Crippen LogP contribution is 2.34. The average Bonchev–Trinajstić information content (AvgIpc) is 3.09. The van der Waals surface area contributed by atoms with Crippen LogP contribution in [0.3, 0.4) is 0 Å². The molecule has 2 aromatic heterocycles. The number of likely N-dealkylation sites (N-methyl/N-ethyl adjacent to an activating group) is 1. The Hall–Kier alpha value is -1.83. The molecule has 0 bridgehead atoms.